The van der Waals surface area contributed by atoms with Crippen molar-refractivity contribution in [1.82, 2.24) is 0 Å². The van der Waals surface area contributed by atoms with Crippen LogP contribution in [0.2, 0.25) is 0 Å². The number of nitrogens with zero attached hydrogens (tertiary/aromatic N) is 3. The molecule has 0 saturated heterocycles. The Balaban J connectivity index is 2.33. The van der Waals surface area contributed by atoms with Gasteiger partial charge in [-0.05, 0) is 55.7 Å². The van der Waals surface area contributed by atoms with Crippen LogP contribution in [-0.2, 0) is 0 Å². The van der Waals surface area contributed by atoms with Crippen molar-refractivity contribution in [1.29, 1.82) is 0 Å². The number of thioether (sulfide) groups is 1. The highest BCUT2D eigenvalue weighted by atomic mass is 32.2. The fourth-order valence-corrected chi connectivity index (χ4v) is 3.22. The summed E-state index contributed by atoms with van der Waals surface area (Å²) >= 11 is 1.38. The van der Waals surface area contributed by atoms with E-state index in [1.165, 1.54) is 24.2 Å². The third-order valence-corrected chi connectivity index (χ3v) is 5.03. The number of phenols is 2. The Morgan fingerprint density at radius 2 is 1.40 bits per heavy atom. The number of aliphatic imine (C=N–C) groups is 1. The van der Waals surface area contributed by atoms with Gasteiger partial charge in [0.25, 0.3) is 0 Å². The molecule has 0 aromatic heterocycles. The smallest absolute Gasteiger partial charge is 0.208 e. The monoisotopic (exact) mass is 425 g/mol. The minimum atomic E-state index is -0.160. The van der Waals surface area contributed by atoms with Gasteiger partial charge in [0.15, 0.2) is 12.6 Å². The Morgan fingerprint density at radius 3 is 1.90 bits per heavy atom. The Kier molecular flexibility index (Phi) is 8.49. The molecule has 0 fully saturated rings. The van der Waals surface area contributed by atoms with Crippen LogP contribution >= 0.6 is 11.8 Å². The van der Waals surface area contributed by atoms with E-state index < -0.39 is 0 Å². The lowest BCUT2D eigenvalue weighted by Gasteiger charge is -2.04. The molecule has 0 aliphatic rings. The first-order valence-electron chi connectivity index (χ1n) is 9.25. The lowest BCUT2D eigenvalue weighted by atomic mass is 10.1. The number of hydrogen-bond donors (Lipinski definition) is 2. The van der Waals surface area contributed by atoms with Crippen molar-refractivity contribution in [2.75, 3.05) is 5.75 Å². The number of rotatable bonds is 7. The number of amidine groups is 1. The molecule has 8 heteroatoms. The predicted molar refractivity (Wildman–Crippen MR) is 122 cm³/mol. The number of benzene rings is 2. The lowest BCUT2D eigenvalue weighted by Crippen LogP contribution is -1.95. The summed E-state index contributed by atoms with van der Waals surface area (Å²) in [6, 6.07) is 6.57. The minimum Gasteiger partial charge on any atom is -0.507 e. The fraction of sp³-hybridized carbons (Fsp3) is 0.227. The first-order chi connectivity index (χ1) is 14.4. The number of aromatic hydroxyl groups is 2. The first-order valence-corrected chi connectivity index (χ1v) is 10.2. The van der Waals surface area contributed by atoms with Gasteiger partial charge in [-0.15, -0.1) is 5.10 Å². The van der Waals surface area contributed by atoms with Gasteiger partial charge >= 0.3 is 0 Å². The number of carbonyl (C=O) groups excluding carboxylic acids is 2. The molecule has 0 atom stereocenters. The molecule has 156 valence electrons. The lowest BCUT2D eigenvalue weighted by molar-refractivity contribution is 0.111. The normalized spacial score (nSPS) is 12.0. The van der Waals surface area contributed by atoms with E-state index in [-0.39, 0.29) is 22.6 Å². The summed E-state index contributed by atoms with van der Waals surface area (Å²) in [4.78, 5) is 26.4. The van der Waals surface area contributed by atoms with Gasteiger partial charge < -0.3 is 10.2 Å². The van der Waals surface area contributed by atoms with Crippen LogP contribution < -0.4 is 0 Å². The first kappa shape index (κ1) is 23.0. The molecule has 0 saturated carbocycles. The maximum Gasteiger partial charge on any atom is 0.208 e. The Hall–Kier alpha value is -3.26. The van der Waals surface area contributed by atoms with E-state index in [1.807, 2.05) is 20.8 Å². The van der Waals surface area contributed by atoms with Crippen LogP contribution in [0.25, 0.3) is 0 Å². The molecule has 0 aliphatic carbocycles. The Labute approximate surface area is 179 Å². The summed E-state index contributed by atoms with van der Waals surface area (Å²) in [7, 11) is 0. The maximum absolute atomic E-state index is 11.1. The van der Waals surface area contributed by atoms with Gasteiger partial charge in [0.05, 0.1) is 17.3 Å². The van der Waals surface area contributed by atoms with Crippen LogP contribution in [0.5, 0.6) is 11.5 Å². The molecule has 0 amide bonds. The molecule has 0 bridgehead atoms. The van der Waals surface area contributed by atoms with Gasteiger partial charge in [0, 0.05) is 23.1 Å². The van der Waals surface area contributed by atoms with E-state index in [4.69, 9.17) is 0 Å². The number of aryl methyl sites for hydroxylation is 2. The van der Waals surface area contributed by atoms with E-state index in [2.05, 4.69) is 15.2 Å². The average molecular weight is 426 g/mol. The number of phenolic OH excluding ortho intramolecular Hbond substituents is 2. The Bertz CT molecular complexity index is 1030. The van der Waals surface area contributed by atoms with Crippen LogP contribution in [0, 0.1) is 13.8 Å². The molecule has 2 N–H and O–H groups in total. The highest BCUT2D eigenvalue weighted by Crippen LogP contribution is 2.23. The zero-order valence-corrected chi connectivity index (χ0v) is 17.8. The quantitative estimate of drug-likeness (QED) is 0.297. The highest BCUT2D eigenvalue weighted by molar-refractivity contribution is 8.13. The van der Waals surface area contributed by atoms with Crippen molar-refractivity contribution in [2.24, 2.45) is 15.2 Å². The number of carbonyl (C=O) groups is 2. The summed E-state index contributed by atoms with van der Waals surface area (Å²) in [6.07, 6.45) is 4.85. The summed E-state index contributed by atoms with van der Waals surface area (Å²) in [5, 5.41) is 28.7. The standard InChI is InChI=1S/C22H23N3O4S/c1-4-5-30-22(23-10-16-6-14(2)8-18(12-26)20(16)28)25-24-11-17-7-15(3)9-19(13-27)21(17)29/h6-13,28-29H,4-5H2,1-3H3/b23-10+,24-11+,25-22+. The molecule has 2 rings (SSSR count). The van der Waals surface area contributed by atoms with Crippen LogP contribution in [0.3, 0.4) is 0 Å². The average Bonchev–Trinajstić information content (AvgIpc) is 2.73. The van der Waals surface area contributed by atoms with Gasteiger partial charge in [-0.2, -0.15) is 5.10 Å². The summed E-state index contributed by atoms with van der Waals surface area (Å²) in [5.74, 6) is 0.455. The molecule has 7 nitrogen and oxygen atoms in total. The van der Waals surface area contributed by atoms with Gasteiger partial charge in [-0.1, -0.05) is 18.7 Å². The predicted octanol–water partition coefficient (Wildman–Crippen LogP) is 4.29. The zero-order valence-electron chi connectivity index (χ0n) is 17.0. The molecule has 0 aliphatic heterocycles. The molecular weight excluding hydrogens is 402 g/mol. The molecule has 2 aromatic carbocycles. The highest BCUT2D eigenvalue weighted by Gasteiger charge is 2.08. The van der Waals surface area contributed by atoms with E-state index in [0.717, 1.165) is 23.3 Å². The van der Waals surface area contributed by atoms with Crippen LogP contribution in [-0.4, -0.2) is 46.1 Å². The van der Waals surface area contributed by atoms with Crippen molar-refractivity contribution in [3.05, 3.63) is 57.6 Å². The summed E-state index contributed by atoms with van der Waals surface area (Å²) < 4.78 is 0. The maximum atomic E-state index is 11.1. The third kappa shape index (κ3) is 6.12. The van der Waals surface area contributed by atoms with E-state index in [9.17, 15) is 19.8 Å². The minimum absolute atomic E-state index is 0.145. The molecule has 2 aromatic rings. The molecule has 0 spiro atoms. The van der Waals surface area contributed by atoms with Gasteiger partial charge in [0.1, 0.15) is 11.5 Å². The van der Waals surface area contributed by atoms with Crippen molar-refractivity contribution in [2.45, 2.75) is 27.2 Å². The molecule has 30 heavy (non-hydrogen) atoms. The van der Waals surface area contributed by atoms with Crippen LogP contribution in [0.4, 0.5) is 0 Å². The molecular formula is C22H23N3O4S. The van der Waals surface area contributed by atoms with Crippen molar-refractivity contribution < 1.29 is 19.8 Å². The summed E-state index contributed by atoms with van der Waals surface area (Å²) in [5.41, 5.74) is 2.76. The third-order valence-electron chi connectivity index (χ3n) is 3.97. The second kappa shape index (κ2) is 11.1. The van der Waals surface area contributed by atoms with Crippen molar-refractivity contribution >= 4 is 41.9 Å². The molecule has 0 unspecified atom stereocenters. The van der Waals surface area contributed by atoms with E-state index >= 15 is 0 Å². The van der Waals surface area contributed by atoms with E-state index in [0.29, 0.717) is 28.9 Å². The molecule has 0 heterocycles. The van der Waals surface area contributed by atoms with Crippen molar-refractivity contribution in [3.8, 4) is 11.5 Å². The molecule has 0 radical (unpaired) electrons. The van der Waals surface area contributed by atoms with Crippen molar-refractivity contribution in [3.63, 3.8) is 0 Å². The van der Waals surface area contributed by atoms with E-state index in [1.54, 1.807) is 24.3 Å². The Morgan fingerprint density at radius 1 is 0.900 bits per heavy atom. The second-order valence-corrected chi connectivity index (χ2v) is 7.62. The van der Waals surface area contributed by atoms with Gasteiger partial charge in [-0.25, -0.2) is 4.99 Å². The van der Waals surface area contributed by atoms with Crippen LogP contribution in [0.1, 0.15) is 56.3 Å². The van der Waals surface area contributed by atoms with Gasteiger partial charge in [0.2, 0.25) is 5.17 Å². The summed E-state index contributed by atoms with van der Waals surface area (Å²) in [6.45, 7) is 5.64. The number of aldehydes is 2. The SMILES string of the molecule is CCCSC(/N=C/c1cc(C)cc(C=O)c1O)=N/N=C/c1cc(C)cc(C=O)c1O. The van der Waals surface area contributed by atoms with Gasteiger partial charge in [-0.3, -0.25) is 9.59 Å². The zero-order chi connectivity index (χ0) is 22.1. The largest absolute Gasteiger partial charge is 0.507 e. The van der Waals surface area contributed by atoms with Crippen LogP contribution in [0.15, 0.2) is 39.5 Å². The topological polar surface area (TPSA) is 112 Å². The fourth-order valence-electron chi connectivity index (χ4n) is 2.60. The second-order valence-electron chi connectivity index (χ2n) is 6.55. The number of hydrogen-bond acceptors (Lipinski definition) is 7.